The summed E-state index contributed by atoms with van der Waals surface area (Å²) in [5.74, 6) is -3.39. The van der Waals surface area contributed by atoms with Gasteiger partial charge in [-0.05, 0) is 23.2 Å². The van der Waals surface area contributed by atoms with Crippen molar-refractivity contribution in [1.82, 2.24) is 15.2 Å². The van der Waals surface area contributed by atoms with E-state index in [1.807, 2.05) is 0 Å². The van der Waals surface area contributed by atoms with Gasteiger partial charge in [0.05, 0.1) is 0 Å². The van der Waals surface area contributed by atoms with Gasteiger partial charge in [-0.15, -0.1) is 0 Å². The SMILES string of the molecule is CN(C(=O)c1nonc1OCCF)C1CCC(F)(F)CC1. The Hall–Kier alpha value is -1.80. The summed E-state index contributed by atoms with van der Waals surface area (Å²) in [6.07, 6.45) is -0.0858. The number of carbonyl (C=O) groups is 1. The highest BCUT2D eigenvalue weighted by Gasteiger charge is 2.38. The molecular formula is C12H16F3N3O3. The maximum atomic E-state index is 13.1. The molecular weight excluding hydrogens is 291 g/mol. The zero-order valence-electron chi connectivity index (χ0n) is 11.5. The first kappa shape index (κ1) is 15.6. The van der Waals surface area contributed by atoms with E-state index in [0.29, 0.717) is 0 Å². The molecule has 1 heterocycles. The molecule has 1 aromatic rings. The molecule has 0 unspecified atom stereocenters. The lowest BCUT2D eigenvalue weighted by molar-refractivity contribution is -0.0491. The summed E-state index contributed by atoms with van der Waals surface area (Å²) in [5.41, 5.74) is -0.178. The number of hydrogen-bond acceptors (Lipinski definition) is 5. The van der Waals surface area contributed by atoms with Crippen LogP contribution in [0.2, 0.25) is 0 Å². The number of ether oxygens (including phenoxy) is 1. The molecule has 2 rings (SSSR count). The predicted octanol–water partition coefficient (Wildman–Crippen LogP) is 2.07. The van der Waals surface area contributed by atoms with Crippen molar-refractivity contribution in [3.63, 3.8) is 0 Å². The minimum atomic E-state index is -2.66. The third kappa shape index (κ3) is 3.64. The Morgan fingerprint density at radius 2 is 2.10 bits per heavy atom. The Kier molecular flexibility index (Phi) is 4.69. The van der Waals surface area contributed by atoms with Crippen LogP contribution in [0, 0.1) is 0 Å². The Balaban J connectivity index is 2.01. The molecule has 6 nitrogen and oxygen atoms in total. The average molecular weight is 307 g/mol. The van der Waals surface area contributed by atoms with Crippen LogP contribution in [-0.2, 0) is 0 Å². The van der Waals surface area contributed by atoms with Crippen LogP contribution in [0.5, 0.6) is 5.88 Å². The van der Waals surface area contributed by atoms with Crippen molar-refractivity contribution in [2.24, 2.45) is 0 Å². The second kappa shape index (κ2) is 6.31. The van der Waals surface area contributed by atoms with E-state index in [-0.39, 0.29) is 49.9 Å². The number of nitrogens with zero attached hydrogens (tertiary/aromatic N) is 3. The van der Waals surface area contributed by atoms with Gasteiger partial charge < -0.3 is 9.64 Å². The van der Waals surface area contributed by atoms with Crippen LogP contribution in [0.4, 0.5) is 13.2 Å². The molecule has 0 N–H and O–H groups in total. The van der Waals surface area contributed by atoms with Gasteiger partial charge in [0.1, 0.15) is 13.3 Å². The molecule has 0 aromatic carbocycles. The Morgan fingerprint density at radius 1 is 1.43 bits per heavy atom. The first-order valence-corrected chi connectivity index (χ1v) is 6.61. The second-order valence-electron chi connectivity index (χ2n) is 4.96. The minimum absolute atomic E-state index is 0.178. The molecule has 0 bridgehead atoms. The number of alkyl halides is 3. The van der Waals surface area contributed by atoms with Crippen LogP contribution < -0.4 is 4.74 Å². The van der Waals surface area contributed by atoms with E-state index in [1.54, 1.807) is 0 Å². The van der Waals surface area contributed by atoms with Gasteiger partial charge in [0.25, 0.3) is 11.8 Å². The number of halogens is 3. The van der Waals surface area contributed by atoms with Gasteiger partial charge in [-0.1, -0.05) is 0 Å². The first-order chi connectivity index (χ1) is 9.94. The summed E-state index contributed by atoms with van der Waals surface area (Å²) < 4.78 is 47.6. The van der Waals surface area contributed by atoms with Crippen LogP contribution in [0.15, 0.2) is 4.63 Å². The summed E-state index contributed by atoms with van der Waals surface area (Å²) in [6, 6.07) is -0.303. The maximum Gasteiger partial charge on any atom is 0.289 e. The van der Waals surface area contributed by atoms with Gasteiger partial charge in [0.15, 0.2) is 0 Å². The molecule has 9 heteroatoms. The second-order valence-corrected chi connectivity index (χ2v) is 4.96. The van der Waals surface area contributed by atoms with Crippen LogP contribution in [0.1, 0.15) is 36.2 Å². The molecule has 1 amide bonds. The fourth-order valence-corrected chi connectivity index (χ4v) is 2.29. The summed E-state index contributed by atoms with van der Waals surface area (Å²) in [4.78, 5) is 13.6. The number of aromatic nitrogens is 2. The maximum absolute atomic E-state index is 13.1. The van der Waals surface area contributed by atoms with Gasteiger partial charge >= 0.3 is 0 Å². The van der Waals surface area contributed by atoms with E-state index in [4.69, 9.17) is 4.74 Å². The lowest BCUT2D eigenvalue weighted by Crippen LogP contribution is -2.42. The lowest BCUT2D eigenvalue weighted by atomic mass is 9.91. The van der Waals surface area contributed by atoms with Crippen LogP contribution in [0.3, 0.4) is 0 Å². The quantitative estimate of drug-likeness (QED) is 0.833. The normalized spacial score (nSPS) is 18.5. The van der Waals surface area contributed by atoms with Crippen molar-refractivity contribution in [3.05, 3.63) is 5.69 Å². The van der Waals surface area contributed by atoms with Crippen molar-refractivity contribution < 1.29 is 27.3 Å². The Bertz CT molecular complexity index is 485. The monoisotopic (exact) mass is 307 g/mol. The molecule has 118 valence electrons. The zero-order valence-corrected chi connectivity index (χ0v) is 11.5. The number of hydrogen-bond donors (Lipinski definition) is 0. The summed E-state index contributed by atoms with van der Waals surface area (Å²) >= 11 is 0. The standard InChI is InChI=1S/C12H16F3N3O3/c1-18(8-2-4-12(14,15)5-3-8)11(19)9-10(17-21-16-9)20-7-6-13/h8H,2-7H2,1H3. The van der Waals surface area contributed by atoms with Crippen molar-refractivity contribution in [2.45, 2.75) is 37.6 Å². The van der Waals surface area contributed by atoms with Gasteiger partial charge in [0, 0.05) is 25.9 Å². The van der Waals surface area contributed by atoms with E-state index in [9.17, 15) is 18.0 Å². The van der Waals surface area contributed by atoms with Crippen LogP contribution in [-0.4, -0.2) is 53.4 Å². The van der Waals surface area contributed by atoms with E-state index in [0.717, 1.165) is 0 Å². The molecule has 0 aliphatic heterocycles. The lowest BCUT2D eigenvalue weighted by Gasteiger charge is -2.34. The van der Waals surface area contributed by atoms with Crippen molar-refractivity contribution in [3.8, 4) is 5.88 Å². The van der Waals surface area contributed by atoms with E-state index in [1.165, 1.54) is 11.9 Å². The van der Waals surface area contributed by atoms with Crippen molar-refractivity contribution in [1.29, 1.82) is 0 Å². The Morgan fingerprint density at radius 3 is 2.71 bits per heavy atom. The molecule has 0 atom stereocenters. The smallest absolute Gasteiger partial charge is 0.289 e. The molecule has 21 heavy (non-hydrogen) atoms. The molecule has 1 saturated carbocycles. The molecule has 1 aromatic heterocycles. The third-order valence-electron chi connectivity index (χ3n) is 3.53. The Labute approximate surface area is 119 Å². The van der Waals surface area contributed by atoms with Gasteiger partial charge in [-0.2, -0.15) is 0 Å². The zero-order chi connectivity index (χ0) is 15.5. The van der Waals surface area contributed by atoms with Gasteiger partial charge in [0.2, 0.25) is 11.6 Å². The van der Waals surface area contributed by atoms with E-state index >= 15 is 0 Å². The third-order valence-corrected chi connectivity index (χ3v) is 3.53. The largest absolute Gasteiger partial charge is 0.471 e. The molecule has 0 spiro atoms. The molecule has 1 aliphatic carbocycles. The highest BCUT2D eigenvalue weighted by atomic mass is 19.3. The van der Waals surface area contributed by atoms with E-state index in [2.05, 4.69) is 14.9 Å². The number of amides is 1. The fraction of sp³-hybridized carbons (Fsp3) is 0.750. The van der Waals surface area contributed by atoms with Crippen molar-refractivity contribution >= 4 is 5.91 Å². The number of rotatable bonds is 5. The topological polar surface area (TPSA) is 68.5 Å². The van der Waals surface area contributed by atoms with Gasteiger partial charge in [-0.3, -0.25) is 4.79 Å². The minimum Gasteiger partial charge on any atom is -0.471 e. The first-order valence-electron chi connectivity index (χ1n) is 6.61. The summed E-state index contributed by atoms with van der Waals surface area (Å²) in [6.45, 7) is -1.01. The molecule has 0 saturated heterocycles. The average Bonchev–Trinajstić information content (AvgIpc) is 2.92. The summed E-state index contributed by atoms with van der Waals surface area (Å²) in [7, 11) is 1.50. The highest BCUT2D eigenvalue weighted by molar-refractivity contribution is 5.94. The molecule has 0 radical (unpaired) electrons. The molecule has 1 aliphatic rings. The van der Waals surface area contributed by atoms with Crippen LogP contribution in [0.25, 0.3) is 0 Å². The van der Waals surface area contributed by atoms with Crippen molar-refractivity contribution in [2.75, 3.05) is 20.3 Å². The van der Waals surface area contributed by atoms with Gasteiger partial charge in [-0.25, -0.2) is 17.8 Å². The predicted molar refractivity (Wildman–Crippen MR) is 65.1 cm³/mol. The fourth-order valence-electron chi connectivity index (χ4n) is 2.29. The molecule has 1 fully saturated rings. The number of carbonyl (C=O) groups excluding carboxylic acids is 1. The van der Waals surface area contributed by atoms with Crippen LogP contribution >= 0.6 is 0 Å². The summed E-state index contributed by atoms with van der Waals surface area (Å²) in [5, 5.41) is 6.82. The highest BCUT2D eigenvalue weighted by Crippen LogP contribution is 2.35. The van der Waals surface area contributed by atoms with E-state index < -0.39 is 18.5 Å².